The molecule has 0 bridgehead atoms. The fraction of sp³-hybridized carbons (Fsp3) is 0.391. The zero-order valence-electron chi connectivity index (χ0n) is 17.9. The molecular weight excluding hydrogens is 380 g/mol. The van der Waals surface area contributed by atoms with Crippen molar-refractivity contribution in [1.82, 2.24) is 5.32 Å². The Balaban J connectivity index is 1.47. The van der Waals surface area contributed by atoms with Crippen LogP contribution in [-0.4, -0.2) is 45.7 Å². The first-order valence-corrected chi connectivity index (χ1v) is 10.3. The molecule has 0 spiro atoms. The first-order valence-electron chi connectivity index (χ1n) is 10.3. The minimum Gasteiger partial charge on any atom is -0.493 e. The number of nitrogens with zero attached hydrogens (tertiary/aromatic N) is 2. The van der Waals surface area contributed by atoms with E-state index in [1.54, 1.807) is 14.2 Å². The molecule has 0 atom stereocenters. The van der Waals surface area contributed by atoms with E-state index in [0.29, 0.717) is 37.0 Å². The average Bonchev–Trinajstić information content (AvgIpc) is 3.20. The predicted molar refractivity (Wildman–Crippen MR) is 121 cm³/mol. The lowest BCUT2D eigenvalue weighted by molar-refractivity contribution is -0.118. The average molecular weight is 411 g/mol. The Labute approximate surface area is 178 Å². The highest BCUT2D eigenvalue weighted by atomic mass is 16.5. The number of amides is 1. The molecule has 0 aliphatic carbocycles. The molecule has 0 saturated carbocycles. The number of nitrogens with one attached hydrogen (secondary N) is 2. The lowest BCUT2D eigenvalue weighted by Gasteiger charge is -2.18. The second-order valence-corrected chi connectivity index (χ2v) is 6.95. The number of hydrogen-bond donors (Lipinski definition) is 2. The highest BCUT2D eigenvalue weighted by molar-refractivity contribution is 5.96. The molecule has 0 unspecified atom stereocenters. The van der Waals surface area contributed by atoms with Crippen molar-refractivity contribution in [3.8, 4) is 11.5 Å². The summed E-state index contributed by atoms with van der Waals surface area (Å²) in [6, 6.07) is 13.8. The Morgan fingerprint density at radius 2 is 2.03 bits per heavy atom. The summed E-state index contributed by atoms with van der Waals surface area (Å²) in [5.74, 6) is 2.17. The quantitative estimate of drug-likeness (QED) is 0.396. The molecule has 1 aliphatic rings. The number of carbonyl (C=O) groups excluding carboxylic acids is 1. The number of benzene rings is 2. The summed E-state index contributed by atoms with van der Waals surface area (Å²) >= 11 is 0. The molecule has 0 saturated heterocycles. The Kier molecular flexibility index (Phi) is 7.54. The number of fused-ring (bicyclic) bond motifs is 1. The van der Waals surface area contributed by atoms with Gasteiger partial charge in [0.2, 0.25) is 5.91 Å². The van der Waals surface area contributed by atoms with Gasteiger partial charge in [0.25, 0.3) is 0 Å². The van der Waals surface area contributed by atoms with Gasteiger partial charge in [-0.25, -0.2) is 0 Å². The predicted octanol–water partition coefficient (Wildman–Crippen LogP) is 3.45. The summed E-state index contributed by atoms with van der Waals surface area (Å²) in [5.41, 5.74) is 3.15. The van der Waals surface area contributed by atoms with Crippen LogP contribution in [-0.2, 0) is 11.2 Å². The number of ether oxygens (including phenoxy) is 2. The van der Waals surface area contributed by atoms with Gasteiger partial charge in [-0.05, 0) is 43.5 Å². The monoisotopic (exact) mass is 410 g/mol. The smallest absolute Gasteiger partial charge is 0.227 e. The highest BCUT2D eigenvalue weighted by Crippen LogP contribution is 2.30. The molecular formula is C23H30N4O3. The van der Waals surface area contributed by atoms with E-state index in [1.165, 1.54) is 5.56 Å². The SMILES string of the molecule is CCOc1cc(NC(=NC)NCCCC(=O)N2CCc3ccccc32)ccc1OC. The molecule has 1 amide bonds. The number of anilines is 2. The minimum absolute atomic E-state index is 0.168. The summed E-state index contributed by atoms with van der Waals surface area (Å²) in [6.07, 6.45) is 2.16. The van der Waals surface area contributed by atoms with Gasteiger partial charge < -0.3 is 25.0 Å². The second-order valence-electron chi connectivity index (χ2n) is 6.95. The maximum Gasteiger partial charge on any atom is 0.227 e. The summed E-state index contributed by atoms with van der Waals surface area (Å²) in [4.78, 5) is 18.7. The zero-order chi connectivity index (χ0) is 21.3. The van der Waals surface area contributed by atoms with Gasteiger partial charge in [0.15, 0.2) is 17.5 Å². The van der Waals surface area contributed by atoms with Crippen LogP contribution in [0.2, 0.25) is 0 Å². The Morgan fingerprint density at radius 1 is 1.20 bits per heavy atom. The standard InChI is InChI=1S/C23H30N4O3/c1-4-30-21-16-18(11-12-20(21)29-3)26-23(24-2)25-14-7-10-22(28)27-15-13-17-8-5-6-9-19(17)27/h5-6,8-9,11-12,16H,4,7,10,13-15H2,1-3H3,(H2,24,25,26). The summed E-state index contributed by atoms with van der Waals surface area (Å²) in [6.45, 7) is 3.91. The van der Waals surface area contributed by atoms with Crippen molar-refractivity contribution in [1.29, 1.82) is 0 Å². The van der Waals surface area contributed by atoms with E-state index in [0.717, 1.165) is 30.8 Å². The third-order valence-electron chi connectivity index (χ3n) is 5.00. The van der Waals surface area contributed by atoms with Crippen LogP contribution >= 0.6 is 0 Å². The summed E-state index contributed by atoms with van der Waals surface area (Å²) in [7, 11) is 3.34. The Bertz CT molecular complexity index is 898. The lowest BCUT2D eigenvalue weighted by atomic mass is 10.2. The maximum atomic E-state index is 12.6. The van der Waals surface area contributed by atoms with E-state index in [4.69, 9.17) is 9.47 Å². The van der Waals surface area contributed by atoms with E-state index < -0.39 is 0 Å². The highest BCUT2D eigenvalue weighted by Gasteiger charge is 2.23. The van der Waals surface area contributed by atoms with E-state index in [9.17, 15) is 4.79 Å². The molecule has 7 heteroatoms. The van der Waals surface area contributed by atoms with Crippen LogP contribution in [0.5, 0.6) is 11.5 Å². The zero-order valence-corrected chi connectivity index (χ0v) is 17.9. The van der Waals surface area contributed by atoms with E-state index in [1.807, 2.05) is 48.2 Å². The van der Waals surface area contributed by atoms with Crippen LogP contribution in [0.15, 0.2) is 47.5 Å². The maximum absolute atomic E-state index is 12.6. The van der Waals surface area contributed by atoms with Gasteiger partial charge in [-0.15, -0.1) is 0 Å². The van der Waals surface area contributed by atoms with Crippen molar-refractivity contribution < 1.29 is 14.3 Å². The number of guanidine groups is 1. The van der Waals surface area contributed by atoms with Gasteiger partial charge in [0.05, 0.1) is 13.7 Å². The van der Waals surface area contributed by atoms with Crippen molar-refractivity contribution in [3.05, 3.63) is 48.0 Å². The fourth-order valence-corrected chi connectivity index (χ4v) is 3.52. The number of rotatable bonds is 8. The molecule has 30 heavy (non-hydrogen) atoms. The molecule has 0 fully saturated rings. The molecule has 3 rings (SSSR count). The number of hydrogen-bond acceptors (Lipinski definition) is 4. The van der Waals surface area contributed by atoms with Gasteiger partial charge >= 0.3 is 0 Å². The van der Waals surface area contributed by atoms with E-state index in [2.05, 4.69) is 21.7 Å². The molecule has 0 radical (unpaired) electrons. The van der Waals surface area contributed by atoms with Gasteiger partial charge in [-0.2, -0.15) is 0 Å². The molecule has 7 nitrogen and oxygen atoms in total. The van der Waals surface area contributed by atoms with Gasteiger partial charge in [-0.3, -0.25) is 9.79 Å². The Hall–Kier alpha value is -3.22. The number of aliphatic imine (C=N–C) groups is 1. The fourth-order valence-electron chi connectivity index (χ4n) is 3.52. The number of methoxy groups -OCH3 is 1. The lowest BCUT2D eigenvalue weighted by Crippen LogP contribution is -2.33. The van der Waals surface area contributed by atoms with Crippen molar-refractivity contribution in [2.45, 2.75) is 26.2 Å². The van der Waals surface area contributed by atoms with Gasteiger partial charge in [0.1, 0.15) is 0 Å². The molecule has 1 heterocycles. The Morgan fingerprint density at radius 3 is 2.80 bits per heavy atom. The number of carbonyl (C=O) groups is 1. The molecule has 2 N–H and O–H groups in total. The van der Waals surface area contributed by atoms with Crippen molar-refractivity contribution in [2.24, 2.45) is 4.99 Å². The second kappa shape index (κ2) is 10.5. The molecule has 2 aromatic carbocycles. The normalized spacial score (nSPS) is 13.0. The van der Waals surface area contributed by atoms with Gasteiger partial charge in [0, 0.05) is 44.0 Å². The third-order valence-corrected chi connectivity index (χ3v) is 5.00. The molecule has 2 aromatic rings. The molecule has 1 aliphatic heterocycles. The van der Waals surface area contributed by atoms with Crippen molar-refractivity contribution >= 4 is 23.2 Å². The summed E-state index contributed by atoms with van der Waals surface area (Å²) < 4.78 is 10.9. The molecule has 0 aromatic heterocycles. The van der Waals surface area contributed by atoms with Gasteiger partial charge in [-0.1, -0.05) is 18.2 Å². The van der Waals surface area contributed by atoms with Crippen LogP contribution in [0.3, 0.4) is 0 Å². The van der Waals surface area contributed by atoms with Crippen LogP contribution in [0, 0.1) is 0 Å². The van der Waals surface area contributed by atoms with E-state index >= 15 is 0 Å². The first kappa shape index (κ1) is 21.5. The minimum atomic E-state index is 0.168. The third kappa shape index (κ3) is 5.23. The first-order chi connectivity index (χ1) is 14.7. The number of para-hydroxylation sites is 1. The van der Waals surface area contributed by atoms with Crippen molar-refractivity contribution in [3.63, 3.8) is 0 Å². The van der Waals surface area contributed by atoms with Crippen LogP contribution < -0.4 is 25.0 Å². The van der Waals surface area contributed by atoms with Crippen molar-refractivity contribution in [2.75, 3.05) is 44.1 Å². The molecule has 160 valence electrons. The van der Waals surface area contributed by atoms with E-state index in [-0.39, 0.29) is 5.91 Å². The topological polar surface area (TPSA) is 75.2 Å². The summed E-state index contributed by atoms with van der Waals surface area (Å²) in [5, 5.41) is 6.50. The largest absolute Gasteiger partial charge is 0.493 e. The van der Waals surface area contributed by atoms with Crippen LogP contribution in [0.1, 0.15) is 25.3 Å². The van der Waals surface area contributed by atoms with Crippen LogP contribution in [0.4, 0.5) is 11.4 Å². The van der Waals surface area contributed by atoms with Crippen LogP contribution in [0.25, 0.3) is 0 Å².